The molecule has 0 aliphatic carbocycles. The van der Waals surface area contributed by atoms with Crippen molar-refractivity contribution in [1.82, 2.24) is 4.57 Å². The maximum Gasteiger partial charge on any atom is 0.0652 e. The van der Waals surface area contributed by atoms with Crippen LogP contribution in [0, 0.1) is 0 Å². The minimum Gasteiger partial charge on any atom is -0.380 e. The van der Waals surface area contributed by atoms with Crippen molar-refractivity contribution in [2.75, 3.05) is 5.32 Å². The van der Waals surface area contributed by atoms with Crippen LogP contribution in [0.4, 0.5) is 5.69 Å². The van der Waals surface area contributed by atoms with Gasteiger partial charge < -0.3 is 9.88 Å². The first-order valence-electron chi connectivity index (χ1n) is 8.36. The van der Waals surface area contributed by atoms with E-state index in [-0.39, 0.29) is 0 Å². The molecule has 25 heavy (non-hydrogen) atoms. The molecule has 1 aromatic heterocycles. The van der Waals surface area contributed by atoms with E-state index in [1.807, 2.05) is 12.1 Å². The van der Waals surface area contributed by atoms with Crippen molar-refractivity contribution < 1.29 is 0 Å². The lowest BCUT2D eigenvalue weighted by Gasteiger charge is -2.09. The van der Waals surface area contributed by atoms with Gasteiger partial charge in [0, 0.05) is 39.9 Å². The van der Waals surface area contributed by atoms with Gasteiger partial charge in [0.05, 0.1) is 10.7 Å². The Labute approximate surface area is 157 Å². The second-order valence-electron chi connectivity index (χ2n) is 6.09. The van der Waals surface area contributed by atoms with Crippen LogP contribution in [0.15, 0.2) is 60.7 Å². The zero-order chi connectivity index (χ0) is 17.4. The molecule has 0 saturated carbocycles. The summed E-state index contributed by atoms with van der Waals surface area (Å²) < 4.78 is 2.36. The average Bonchev–Trinajstić information content (AvgIpc) is 2.94. The molecule has 0 spiro atoms. The molecule has 0 aliphatic heterocycles. The number of anilines is 1. The smallest absolute Gasteiger partial charge is 0.0652 e. The monoisotopic (exact) mass is 368 g/mol. The molecule has 0 aliphatic rings. The van der Waals surface area contributed by atoms with Crippen LogP contribution in [0.25, 0.3) is 21.8 Å². The Morgan fingerprint density at radius 3 is 2.48 bits per heavy atom. The predicted molar refractivity (Wildman–Crippen MR) is 109 cm³/mol. The van der Waals surface area contributed by atoms with E-state index in [1.54, 1.807) is 6.07 Å². The molecule has 2 nitrogen and oxygen atoms in total. The summed E-state index contributed by atoms with van der Waals surface area (Å²) in [6.07, 6.45) is 0. The quantitative estimate of drug-likeness (QED) is 0.422. The Kier molecular flexibility index (Phi) is 4.32. The van der Waals surface area contributed by atoms with Gasteiger partial charge >= 0.3 is 0 Å². The Bertz CT molecular complexity index is 1070. The Hall–Kier alpha value is -2.16. The lowest BCUT2D eigenvalue weighted by Crippen LogP contribution is -2.00. The number of aryl methyl sites for hydroxylation is 1. The van der Waals surface area contributed by atoms with Gasteiger partial charge in [-0.3, -0.25) is 0 Å². The first-order chi connectivity index (χ1) is 12.2. The van der Waals surface area contributed by atoms with Gasteiger partial charge in [0.1, 0.15) is 0 Å². The number of hydrogen-bond acceptors (Lipinski definition) is 1. The third kappa shape index (κ3) is 2.97. The van der Waals surface area contributed by atoms with Crippen molar-refractivity contribution in [1.29, 1.82) is 0 Å². The molecule has 0 bridgehead atoms. The van der Waals surface area contributed by atoms with Gasteiger partial charge in [0.25, 0.3) is 0 Å². The summed E-state index contributed by atoms with van der Waals surface area (Å²) in [7, 11) is 0. The molecule has 0 radical (unpaired) electrons. The number of nitrogens with zero attached hydrogens (tertiary/aromatic N) is 1. The van der Waals surface area contributed by atoms with Crippen LogP contribution in [-0.4, -0.2) is 4.57 Å². The molecule has 3 aromatic carbocycles. The van der Waals surface area contributed by atoms with Crippen molar-refractivity contribution in [3.63, 3.8) is 0 Å². The first kappa shape index (κ1) is 16.3. The standard InChI is InChI=1S/C21H18Cl2N2/c1-2-25-20-6-4-3-5-16(20)17-11-14(7-10-21(17)25)13-24-19-9-8-15(22)12-18(19)23/h3-12,24H,2,13H2,1H3. The SMILES string of the molecule is CCn1c2ccccc2c2cc(CNc3ccc(Cl)cc3Cl)ccc21. The molecule has 0 atom stereocenters. The summed E-state index contributed by atoms with van der Waals surface area (Å²) >= 11 is 12.2. The molecule has 0 unspecified atom stereocenters. The van der Waals surface area contributed by atoms with Gasteiger partial charge in [-0.05, 0) is 48.9 Å². The van der Waals surface area contributed by atoms with Crippen molar-refractivity contribution in [2.45, 2.75) is 20.0 Å². The van der Waals surface area contributed by atoms with E-state index < -0.39 is 0 Å². The maximum absolute atomic E-state index is 6.24. The highest BCUT2D eigenvalue weighted by Gasteiger charge is 2.10. The molecule has 0 amide bonds. The number of rotatable bonds is 4. The summed E-state index contributed by atoms with van der Waals surface area (Å²) in [5.41, 5.74) is 4.67. The van der Waals surface area contributed by atoms with Gasteiger partial charge in [-0.1, -0.05) is 47.5 Å². The number of fused-ring (bicyclic) bond motifs is 3. The van der Waals surface area contributed by atoms with Crippen LogP contribution in [-0.2, 0) is 13.1 Å². The lowest BCUT2D eigenvalue weighted by molar-refractivity contribution is 0.827. The third-order valence-corrected chi connectivity index (χ3v) is 5.11. The fourth-order valence-electron chi connectivity index (χ4n) is 3.38. The molecule has 126 valence electrons. The largest absolute Gasteiger partial charge is 0.380 e. The topological polar surface area (TPSA) is 17.0 Å². The fourth-order valence-corrected chi connectivity index (χ4v) is 3.86. The Morgan fingerprint density at radius 2 is 1.68 bits per heavy atom. The highest BCUT2D eigenvalue weighted by molar-refractivity contribution is 6.36. The van der Waals surface area contributed by atoms with Gasteiger partial charge in [0.2, 0.25) is 0 Å². The normalized spacial score (nSPS) is 11.3. The second kappa shape index (κ2) is 6.62. The minimum absolute atomic E-state index is 0.635. The maximum atomic E-state index is 6.24. The summed E-state index contributed by atoms with van der Waals surface area (Å²) in [6.45, 7) is 3.86. The fraction of sp³-hybridized carbons (Fsp3) is 0.143. The third-order valence-electron chi connectivity index (χ3n) is 4.57. The lowest BCUT2D eigenvalue weighted by atomic mass is 10.1. The molecular formula is C21H18Cl2N2. The molecule has 1 heterocycles. The molecule has 0 fully saturated rings. The van der Waals surface area contributed by atoms with E-state index in [0.29, 0.717) is 16.6 Å². The van der Waals surface area contributed by atoms with Crippen LogP contribution in [0.1, 0.15) is 12.5 Å². The zero-order valence-electron chi connectivity index (χ0n) is 13.9. The van der Waals surface area contributed by atoms with Crippen LogP contribution in [0.2, 0.25) is 10.0 Å². The van der Waals surface area contributed by atoms with E-state index in [0.717, 1.165) is 12.2 Å². The van der Waals surface area contributed by atoms with Crippen molar-refractivity contribution in [3.05, 3.63) is 76.3 Å². The molecule has 0 saturated heterocycles. The van der Waals surface area contributed by atoms with E-state index in [1.165, 1.54) is 27.4 Å². The summed E-state index contributed by atoms with van der Waals surface area (Å²) in [5, 5.41) is 7.26. The van der Waals surface area contributed by atoms with Gasteiger partial charge in [-0.15, -0.1) is 0 Å². The zero-order valence-corrected chi connectivity index (χ0v) is 15.4. The van der Waals surface area contributed by atoms with Crippen LogP contribution in [0.3, 0.4) is 0 Å². The Balaban J connectivity index is 1.70. The van der Waals surface area contributed by atoms with E-state index >= 15 is 0 Å². The highest BCUT2D eigenvalue weighted by Crippen LogP contribution is 2.30. The predicted octanol–water partition coefficient (Wildman–Crippen LogP) is 6.73. The van der Waals surface area contributed by atoms with E-state index in [4.69, 9.17) is 23.2 Å². The van der Waals surface area contributed by atoms with Crippen LogP contribution in [0.5, 0.6) is 0 Å². The van der Waals surface area contributed by atoms with Crippen LogP contribution < -0.4 is 5.32 Å². The number of hydrogen-bond donors (Lipinski definition) is 1. The van der Waals surface area contributed by atoms with Crippen molar-refractivity contribution in [3.8, 4) is 0 Å². The Morgan fingerprint density at radius 1 is 0.880 bits per heavy atom. The van der Waals surface area contributed by atoms with E-state index in [2.05, 4.69) is 59.3 Å². The average molecular weight is 369 g/mol. The number of nitrogens with one attached hydrogen (secondary N) is 1. The number of para-hydroxylation sites is 1. The van der Waals surface area contributed by atoms with Crippen molar-refractivity contribution in [2.24, 2.45) is 0 Å². The van der Waals surface area contributed by atoms with Gasteiger partial charge in [-0.25, -0.2) is 0 Å². The summed E-state index contributed by atoms with van der Waals surface area (Å²) in [5.74, 6) is 0. The minimum atomic E-state index is 0.635. The first-order valence-corrected chi connectivity index (χ1v) is 9.11. The molecule has 1 N–H and O–H groups in total. The van der Waals surface area contributed by atoms with Gasteiger partial charge in [0.15, 0.2) is 0 Å². The molecule has 4 rings (SSSR count). The van der Waals surface area contributed by atoms with Crippen LogP contribution >= 0.6 is 23.2 Å². The van der Waals surface area contributed by atoms with E-state index in [9.17, 15) is 0 Å². The molecule has 4 aromatic rings. The summed E-state index contributed by atoms with van der Waals surface area (Å²) in [4.78, 5) is 0. The number of halogens is 2. The number of benzene rings is 3. The molecule has 4 heteroatoms. The summed E-state index contributed by atoms with van der Waals surface area (Å²) in [6, 6.07) is 20.7. The van der Waals surface area contributed by atoms with Crippen molar-refractivity contribution >= 4 is 50.7 Å². The van der Waals surface area contributed by atoms with Gasteiger partial charge in [-0.2, -0.15) is 0 Å². The highest BCUT2D eigenvalue weighted by atomic mass is 35.5. The second-order valence-corrected chi connectivity index (χ2v) is 6.93. The number of aromatic nitrogens is 1. The molecular weight excluding hydrogens is 351 g/mol.